The normalized spacial score (nSPS) is 11.1. The van der Waals surface area contributed by atoms with E-state index >= 15 is 0 Å². The number of hydrogen-bond donors (Lipinski definition) is 1. The van der Waals surface area contributed by atoms with Gasteiger partial charge in [0.05, 0.1) is 17.7 Å². The molecule has 0 saturated heterocycles. The van der Waals surface area contributed by atoms with E-state index in [9.17, 15) is 14.7 Å². The number of carbonyl (C=O) groups is 1. The predicted molar refractivity (Wildman–Crippen MR) is 85.3 cm³/mol. The summed E-state index contributed by atoms with van der Waals surface area (Å²) in [6, 6.07) is 6.06. The average Bonchev–Trinajstić information content (AvgIpc) is 2.46. The van der Waals surface area contributed by atoms with Crippen molar-refractivity contribution in [2.75, 3.05) is 6.61 Å². The summed E-state index contributed by atoms with van der Waals surface area (Å²) in [6.45, 7) is 6.78. The second kappa shape index (κ2) is 6.64. The fourth-order valence-corrected chi connectivity index (χ4v) is 2.33. The first-order valence-electron chi connectivity index (χ1n) is 7.47. The van der Waals surface area contributed by atoms with Crippen LogP contribution in [0.2, 0.25) is 0 Å². The molecule has 0 aliphatic heterocycles. The Hall–Kier alpha value is -2.30. The van der Waals surface area contributed by atoms with E-state index in [1.807, 2.05) is 0 Å². The topological polar surface area (TPSA) is 68.5 Å². The van der Waals surface area contributed by atoms with Gasteiger partial charge in [-0.2, -0.15) is 0 Å². The van der Waals surface area contributed by atoms with Crippen LogP contribution in [-0.4, -0.2) is 22.2 Å². The van der Waals surface area contributed by atoms with Gasteiger partial charge in [0, 0.05) is 18.0 Å². The minimum absolute atomic E-state index is 0.119. The minimum Gasteiger partial charge on any atom is -0.507 e. The molecule has 1 N–H and O–H groups in total. The Morgan fingerprint density at radius 1 is 1.32 bits per heavy atom. The van der Waals surface area contributed by atoms with E-state index in [1.54, 1.807) is 29.7 Å². The fraction of sp³-hybridized carbons (Fsp3) is 0.412. The maximum atomic E-state index is 12.1. The molecule has 5 heteroatoms. The molecule has 2 rings (SSSR count). The van der Waals surface area contributed by atoms with Crippen molar-refractivity contribution in [1.82, 2.24) is 4.57 Å². The van der Waals surface area contributed by atoms with E-state index in [-0.39, 0.29) is 17.9 Å². The fourth-order valence-electron chi connectivity index (χ4n) is 2.33. The molecule has 5 nitrogen and oxygen atoms in total. The van der Waals surface area contributed by atoms with Crippen LogP contribution in [0.5, 0.6) is 5.75 Å². The smallest absolute Gasteiger partial charge is 0.338 e. The van der Waals surface area contributed by atoms with Crippen molar-refractivity contribution in [2.45, 2.75) is 33.7 Å². The molecule has 0 spiro atoms. The third kappa shape index (κ3) is 3.30. The number of aryl methyl sites for hydroxylation is 1. The highest BCUT2D eigenvalue weighted by molar-refractivity contribution is 5.96. The van der Waals surface area contributed by atoms with Gasteiger partial charge in [-0.1, -0.05) is 13.8 Å². The van der Waals surface area contributed by atoms with Crippen molar-refractivity contribution in [1.29, 1.82) is 0 Å². The highest BCUT2D eigenvalue weighted by Crippen LogP contribution is 2.24. The van der Waals surface area contributed by atoms with Crippen molar-refractivity contribution in [3.8, 4) is 5.75 Å². The van der Waals surface area contributed by atoms with E-state index in [1.165, 1.54) is 6.07 Å². The highest BCUT2D eigenvalue weighted by Gasteiger charge is 2.13. The zero-order valence-electron chi connectivity index (χ0n) is 13.1. The zero-order chi connectivity index (χ0) is 16.3. The third-order valence-electron chi connectivity index (χ3n) is 3.53. The number of benzene rings is 1. The predicted octanol–water partition coefficient (Wildman–Crippen LogP) is 2.93. The van der Waals surface area contributed by atoms with Crippen LogP contribution in [0, 0.1) is 5.92 Å². The van der Waals surface area contributed by atoms with Crippen molar-refractivity contribution >= 4 is 16.9 Å². The van der Waals surface area contributed by atoms with Crippen LogP contribution >= 0.6 is 0 Å². The summed E-state index contributed by atoms with van der Waals surface area (Å²) in [4.78, 5) is 23.9. The maximum absolute atomic E-state index is 12.1. The van der Waals surface area contributed by atoms with Crippen LogP contribution in [0.3, 0.4) is 0 Å². The minimum atomic E-state index is -0.441. The number of pyridine rings is 1. The Morgan fingerprint density at radius 3 is 2.68 bits per heavy atom. The molecule has 1 heterocycles. The molecule has 0 amide bonds. The molecular weight excluding hydrogens is 282 g/mol. The Kier molecular flexibility index (Phi) is 4.85. The van der Waals surface area contributed by atoms with E-state index in [2.05, 4.69) is 13.8 Å². The SMILES string of the molecule is CCOC(=O)c1ccc2c(c1)c(O)cc(=O)n2CCC(C)C. The zero-order valence-corrected chi connectivity index (χ0v) is 13.1. The lowest BCUT2D eigenvalue weighted by Gasteiger charge is -2.13. The first-order chi connectivity index (χ1) is 10.4. The molecule has 0 saturated carbocycles. The van der Waals surface area contributed by atoms with Crippen molar-refractivity contribution in [3.05, 3.63) is 40.2 Å². The summed E-state index contributed by atoms with van der Waals surface area (Å²) in [7, 11) is 0. The molecule has 0 unspecified atom stereocenters. The summed E-state index contributed by atoms with van der Waals surface area (Å²) in [5, 5.41) is 10.5. The third-order valence-corrected chi connectivity index (χ3v) is 3.53. The van der Waals surface area contributed by atoms with Gasteiger partial charge < -0.3 is 14.4 Å². The van der Waals surface area contributed by atoms with Crippen molar-refractivity contribution in [3.63, 3.8) is 0 Å². The number of carbonyl (C=O) groups excluding carboxylic acids is 1. The summed E-state index contributed by atoms with van der Waals surface area (Å²) in [5.74, 6) is -0.0924. The lowest BCUT2D eigenvalue weighted by molar-refractivity contribution is 0.0526. The largest absolute Gasteiger partial charge is 0.507 e. The number of esters is 1. The van der Waals surface area contributed by atoms with Gasteiger partial charge in [0.15, 0.2) is 0 Å². The average molecular weight is 303 g/mol. The maximum Gasteiger partial charge on any atom is 0.338 e. The van der Waals surface area contributed by atoms with Gasteiger partial charge in [0.25, 0.3) is 5.56 Å². The molecular formula is C17H21NO4. The first kappa shape index (κ1) is 16.1. The molecule has 0 fully saturated rings. The number of fused-ring (bicyclic) bond motifs is 1. The number of rotatable bonds is 5. The van der Waals surface area contributed by atoms with Gasteiger partial charge in [-0.25, -0.2) is 4.79 Å². The second-order valence-electron chi connectivity index (χ2n) is 5.65. The molecule has 118 valence electrons. The van der Waals surface area contributed by atoms with Crippen LogP contribution in [0.1, 0.15) is 37.6 Å². The van der Waals surface area contributed by atoms with E-state index < -0.39 is 5.97 Å². The monoisotopic (exact) mass is 303 g/mol. The van der Waals surface area contributed by atoms with E-state index in [4.69, 9.17) is 4.74 Å². The molecule has 0 bridgehead atoms. The van der Waals surface area contributed by atoms with Gasteiger partial charge in [-0.15, -0.1) is 0 Å². The quantitative estimate of drug-likeness (QED) is 0.862. The summed E-state index contributed by atoms with van der Waals surface area (Å²) in [5.41, 5.74) is 0.743. The molecule has 1 aromatic carbocycles. The van der Waals surface area contributed by atoms with E-state index in [0.29, 0.717) is 28.9 Å². The molecule has 0 aliphatic rings. The summed E-state index contributed by atoms with van der Waals surface area (Å²) in [6.07, 6.45) is 0.861. The van der Waals surface area contributed by atoms with Crippen LogP contribution in [0.4, 0.5) is 0 Å². The van der Waals surface area contributed by atoms with Crippen LogP contribution in [0.25, 0.3) is 10.9 Å². The van der Waals surface area contributed by atoms with Gasteiger partial charge in [0.1, 0.15) is 5.75 Å². The highest BCUT2D eigenvalue weighted by atomic mass is 16.5. The van der Waals surface area contributed by atoms with Gasteiger partial charge in [0.2, 0.25) is 0 Å². The number of ether oxygens (including phenoxy) is 1. The van der Waals surface area contributed by atoms with Gasteiger partial charge in [-0.3, -0.25) is 4.79 Å². The Labute approximate surface area is 129 Å². The molecule has 0 aliphatic carbocycles. The standard InChI is InChI=1S/C17H21NO4/c1-4-22-17(21)12-5-6-14-13(9-12)15(19)10-16(20)18(14)8-7-11(2)3/h5-6,9-11,19H,4,7-8H2,1-3H3. The molecule has 2 aromatic rings. The first-order valence-corrected chi connectivity index (χ1v) is 7.47. The van der Waals surface area contributed by atoms with Gasteiger partial charge in [-0.05, 0) is 37.5 Å². The van der Waals surface area contributed by atoms with Crippen molar-refractivity contribution < 1.29 is 14.6 Å². The molecule has 22 heavy (non-hydrogen) atoms. The number of nitrogens with zero attached hydrogens (tertiary/aromatic N) is 1. The Morgan fingerprint density at radius 2 is 2.05 bits per heavy atom. The van der Waals surface area contributed by atoms with E-state index in [0.717, 1.165) is 6.42 Å². The summed E-state index contributed by atoms with van der Waals surface area (Å²) < 4.78 is 6.59. The van der Waals surface area contributed by atoms with Crippen molar-refractivity contribution in [2.24, 2.45) is 5.92 Å². The molecule has 0 radical (unpaired) electrons. The number of aromatic nitrogens is 1. The van der Waals surface area contributed by atoms with Crippen LogP contribution < -0.4 is 5.56 Å². The van der Waals surface area contributed by atoms with Crippen LogP contribution in [-0.2, 0) is 11.3 Å². The molecule has 0 atom stereocenters. The Balaban J connectivity index is 2.54. The van der Waals surface area contributed by atoms with Crippen LogP contribution in [0.15, 0.2) is 29.1 Å². The molecule has 1 aromatic heterocycles. The Bertz CT molecular complexity index is 746. The second-order valence-corrected chi connectivity index (χ2v) is 5.65. The number of hydrogen-bond acceptors (Lipinski definition) is 4. The lowest BCUT2D eigenvalue weighted by atomic mass is 10.1. The summed E-state index contributed by atoms with van der Waals surface area (Å²) >= 11 is 0. The van der Waals surface area contributed by atoms with Gasteiger partial charge >= 0.3 is 5.97 Å². The number of aromatic hydroxyl groups is 1. The lowest BCUT2D eigenvalue weighted by Crippen LogP contribution is -2.20.